The summed E-state index contributed by atoms with van der Waals surface area (Å²) in [5.41, 5.74) is 7.51. The van der Waals surface area contributed by atoms with Crippen LogP contribution in [-0.4, -0.2) is 24.1 Å². The van der Waals surface area contributed by atoms with Gasteiger partial charge in [-0.15, -0.1) is 0 Å². The smallest absolute Gasteiger partial charge is 0.270 e. The Morgan fingerprint density at radius 2 is 2.15 bits per heavy atom. The van der Waals surface area contributed by atoms with Crippen molar-refractivity contribution in [1.29, 1.82) is 0 Å². The minimum Gasteiger partial charge on any atom is -0.370 e. The molecule has 1 aromatic rings. The van der Waals surface area contributed by atoms with Crippen LogP contribution in [0.15, 0.2) is 18.2 Å². The van der Waals surface area contributed by atoms with Crippen LogP contribution in [0, 0.1) is 25.5 Å². The van der Waals surface area contributed by atoms with Gasteiger partial charge in [-0.2, -0.15) is 0 Å². The van der Waals surface area contributed by atoms with Crippen LogP contribution in [0.3, 0.4) is 0 Å². The summed E-state index contributed by atoms with van der Waals surface area (Å²) < 4.78 is 0.948. The monoisotopic (exact) mass is 387 g/mol. The van der Waals surface area contributed by atoms with E-state index in [1.165, 1.54) is 12.8 Å². The normalized spacial score (nSPS) is 29.3. The maximum atomic E-state index is 10.8. The van der Waals surface area contributed by atoms with Gasteiger partial charge in [-0.05, 0) is 53.3 Å². The van der Waals surface area contributed by atoms with Crippen molar-refractivity contribution in [3.05, 3.63) is 31.9 Å². The number of fused-ring (bicyclic) bond motifs is 1. The van der Waals surface area contributed by atoms with Crippen LogP contribution in [0.1, 0.15) is 19.3 Å². The van der Waals surface area contributed by atoms with E-state index in [4.69, 9.17) is 5.73 Å². The molecule has 3 atom stereocenters. The van der Waals surface area contributed by atoms with Crippen molar-refractivity contribution in [2.75, 3.05) is 18.0 Å². The summed E-state index contributed by atoms with van der Waals surface area (Å²) >= 11 is 2.19. The fourth-order valence-corrected chi connectivity index (χ4v) is 4.42. The zero-order valence-electron chi connectivity index (χ0n) is 11.2. The third-order valence-corrected chi connectivity index (χ3v) is 5.50. The Kier molecular flexibility index (Phi) is 3.85. The Morgan fingerprint density at radius 3 is 2.80 bits per heavy atom. The summed E-state index contributed by atoms with van der Waals surface area (Å²) in [4.78, 5) is 12.8. The molecule has 1 aliphatic heterocycles. The third-order valence-electron chi connectivity index (χ3n) is 4.64. The molecule has 20 heavy (non-hydrogen) atoms. The zero-order chi connectivity index (χ0) is 14.3. The predicted octanol–water partition coefficient (Wildman–Crippen LogP) is 2.76. The maximum absolute atomic E-state index is 10.8. The number of hydrogen-bond acceptors (Lipinski definition) is 4. The van der Waals surface area contributed by atoms with E-state index in [1.54, 1.807) is 12.1 Å². The van der Waals surface area contributed by atoms with E-state index in [1.807, 2.05) is 6.07 Å². The van der Waals surface area contributed by atoms with Gasteiger partial charge in [0, 0.05) is 34.8 Å². The SMILES string of the molecule is NC1CCCC2CN(c3ccc([N+](=O)[O-])cc3I)CC12. The van der Waals surface area contributed by atoms with E-state index in [0.717, 1.165) is 28.8 Å². The second-order valence-corrected chi connectivity index (χ2v) is 6.98. The molecule has 0 aromatic heterocycles. The summed E-state index contributed by atoms with van der Waals surface area (Å²) in [7, 11) is 0. The first-order valence-electron chi connectivity index (χ1n) is 7.00. The van der Waals surface area contributed by atoms with E-state index in [-0.39, 0.29) is 10.6 Å². The number of rotatable bonds is 2. The summed E-state index contributed by atoms with van der Waals surface area (Å²) in [5, 5.41) is 10.8. The molecule has 0 radical (unpaired) electrons. The second-order valence-electron chi connectivity index (χ2n) is 5.82. The first-order chi connectivity index (χ1) is 9.56. The van der Waals surface area contributed by atoms with E-state index < -0.39 is 0 Å². The van der Waals surface area contributed by atoms with Crippen LogP contribution in [0.4, 0.5) is 11.4 Å². The molecule has 1 aliphatic carbocycles. The average Bonchev–Trinajstić information content (AvgIpc) is 2.83. The molecule has 2 N–H and O–H groups in total. The number of nitrogens with zero attached hydrogens (tertiary/aromatic N) is 2. The topological polar surface area (TPSA) is 72.4 Å². The van der Waals surface area contributed by atoms with Gasteiger partial charge in [0.2, 0.25) is 0 Å². The number of nitro groups is 1. The molecule has 3 unspecified atom stereocenters. The van der Waals surface area contributed by atoms with Crippen molar-refractivity contribution in [3.63, 3.8) is 0 Å². The number of nitrogens with two attached hydrogens (primary N) is 1. The maximum Gasteiger partial charge on any atom is 0.270 e. The molecule has 1 aromatic carbocycles. The largest absolute Gasteiger partial charge is 0.370 e. The summed E-state index contributed by atoms with van der Waals surface area (Å²) in [6, 6.07) is 5.44. The molecule has 1 saturated carbocycles. The molecule has 2 fully saturated rings. The minimum atomic E-state index is -0.342. The van der Waals surface area contributed by atoms with Gasteiger partial charge in [0.15, 0.2) is 0 Å². The lowest BCUT2D eigenvalue weighted by molar-refractivity contribution is -0.384. The summed E-state index contributed by atoms with van der Waals surface area (Å²) in [6.07, 6.45) is 3.62. The number of benzene rings is 1. The quantitative estimate of drug-likeness (QED) is 0.481. The van der Waals surface area contributed by atoms with Crippen LogP contribution in [0.2, 0.25) is 0 Å². The van der Waals surface area contributed by atoms with Gasteiger partial charge in [0.05, 0.1) is 10.6 Å². The number of anilines is 1. The van der Waals surface area contributed by atoms with E-state index in [9.17, 15) is 10.1 Å². The highest BCUT2D eigenvalue weighted by atomic mass is 127. The van der Waals surface area contributed by atoms with E-state index in [0.29, 0.717) is 17.9 Å². The first kappa shape index (κ1) is 14.1. The van der Waals surface area contributed by atoms with Gasteiger partial charge in [-0.3, -0.25) is 10.1 Å². The predicted molar refractivity (Wildman–Crippen MR) is 86.8 cm³/mol. The Morgan fingerprint density at radius 1 is 1.35 bits per heavy atom. The van der Waals surface area contributed by atoms with Crippen LogP contribution < -0.4 is 10.6 Å². The Hall–Kier alpha value is -0.890. The zero-order valence-corrected chi connectivity index (χ0v) is 13.3. The molecular formula is C14H18IN3O2. The Bertz CT molecular complexity index is 537. The molecule has 6 heteroatoms. The molecular weight excluding hydrogens is 369 g/mol. The van der Waals surface area contributed by atoms with E-state index >= 15 is 0 Å². The van der Waals surface area contributed by atoms with Gasteiger partial charge in [0.25, 0.3) is 5.69 Å². The van der Waals surface area contributed by atoms with Gasteiger partial charge < -0.3 is 10.6 Å². The van der Waals surface area contributed by atoms with Crippen LogP contribution >= 0.6 is 22.6 Å². The van der Waals surface area contributed by atoms with Crippen LogP contribution in [0.5, 0.6) is 0 Å². The summed E-state index contributed by atoms with van der Waals surface area (Å²) in [6.45, 7) is 2.02. The average molecular weight is 387 g/mol. The molecule has 0 bridgehead atoms. The van der Waals surface area contributed by atoms with Gasteiger partial charge in [-0.1, -0.05) is 6.42 Å². The van der Waals surface area contributed by atoms with Crippen molar-refractivity contribution < 1.29 is 4.92 Å². The van der Waals surface area contributed by atoms with Gasteiger partial charge >= 0.3 is 0 Å². The Labute approximate surface area is 131 Å². The van der Waals surface area contributed by atoms with Gasteiger partial charge in [0.1, 0.15) is 0 Å². The lowest BCUT2D eigenvalue weighted by Gasteiger charge is -2.29. The third kappa shape index (κ3) is 2.50. The fraction of sp³-hybridized carbons (Fsp3) is 0.571. The van der Waals surface area contributed by atoms with Crippen LogP contribution in [-0.2, 0) is 0 Å². The molecule has 1 heterocycles. The molecule has 0 spiro atoms. The highest BCUT2D eigenvalue weighted by Crippen LogP contribution is 2.39. The standard InChI is InChI=1S/C14H18IN3O2/c15-12-6-10(18(19)20)4-5-14(12)17-7-9-2-1-3-13(16)11(9)8-17/h4-6,9,11,13H,1-3,7-8,16H2. The molecule has 1 saturated heterocycles. The molecule has 5 nitrogen and oxygen atoms in total. The molecule has 0 amide bonds. The van der Waals surface area contributed by atoms with Gasteiger partial charge in [-0.25, -0.2) is 0 Å². The highest BCUT2D eigenvalue weighted by Gasteiger charge is 2.39. The second kappa shape index (κ2) is 5.48. The van der Waals surface area contributed by atoms with Crippen LogP contribution in [0.25, 0.3) is 0 Å². The minimum absolute atomic E-state index is 0.159. The Balaban J connectivity index is 1.82. The first-order valence-corrected chi connectivity index (χ1v) is 8.08. The lowest BCUT2D eigenvalue weighted by Crippen LogP contribution is -2.38. The van der Waals surface area contributed by atoms with Crippen molar-refractivity contribution in [2.45, 2.75) is 25.3 Å². The van der Waals surface area contributed by atoms with Crippen molar-refractivity contribution >= 4 is 34.0 Å². The number of hydrogen-bond donors (Lipinski definition) is 1. The number of nitro benzene ring substituents is 1. The van der Waals surface area contributed by atoms with Crippen molar-refractivity contribution in [3.8, 4) is 0 Å². The van der Waals surface area contributed by atoms with Crippen molar-refractivity contribution in [2.24, 2.45) is 17.6 Å². The molecule has 3 rings (SSSR count). The summed E-state index contributed by atoms with van der Waals surface area (Å²) in [5.74, 6) is 1.26. The number of non-ortho nitro benzene ring substituents is 1. The highest BCUT2D eigenvalue weighted by molar-refractivity contribution is 14.1. The lowest BCUT2D eigenvalue weighted by atomic mass is 9.78. The van der Waals surface area contributed by atoms with E-state index in [2.05, 4.69) is 27.5 Å². The molecule has 108 valence electrons. The molecule has 2 aliphatic rings. The number of halogens is 1. The fourth-order valence-electron chi connectivity index (χ4n) is 3.58. The van der Waals surface area contributed by atoms with Crippen molar-refractivity contribution in [1.82, 2.24) is 0 Å².